The molecule has 4 N–H and O–H groups in total. The molecule has 0 spiro atoms. The van der Waals surface area contributed by atoms with Crippen LogP contribution in [0.1, 0.15) is 52.0 Å². The monoisotopic (exact) mass is 387 g/mol. The molecule has 1 aromatic heterocycles. The molecule has 1 aromatic carbocycles. The molecule has 0 aliphatic carbocycles. The van der Waals surface area contributed by atoms with Crippen LogP contribution >= 0.6 is 0 Å². The summed E-state index contributed by atoms with van der Waals surface area (Å²) in [5.41, 5.74) is 5.34. The Balaban J connectivity index is 2.37. The van der Waals surface area contributed by atoms with Crippen LogP contribution in [0.4, 0.5) is 0 Å². The van der Waals surface area contributed by atoms with E-state index in [9.17, 15) is 14.4 Å². The first-order valence-electron chi connectivity index (χ1n) is 9.16. The predicted octanol–water partition coefficient (Wildman–Crippen LogP) is 1.58. The van der Waals surface area contributed by atoms with E-state index in [2.05, 4.69) is 15.7 Å². The van der Waals surface area contributed by atoms with E-state index in [1.165, 1.54) is 4.68 Å². The molecular weight excluding hydrogens is 358 g/mol. The van der Waals surface area contributed by atoms with E-state index in [1.807, 2.05) is 47.6 Å². The van der Waals surface area contributed by atoms with Crippen molar-refractivity contribution < 1.29 is 14.4 Å². The van der Waals surface area contributed by atoms with E-state index in [-0.39, 0.29) is 23.7 Å². The number of carbonyl (C=O) groups is 3. The van der Waals surface area contributed by atoms with Crippen molar-refractivity contribution in [2.75, 3.05) is 0 Å². The summed E-state index contributed by atoms with van der Waals surface area (Å²) in [5.74, 6) is -1.34. The van der Waals surface area contributed by atoms with Crippen LogP contribution in [0.25, 0.3) is 10.9 Å². The number of nitrogens with one attached hydrogen (secondary N) is 2. The van der Waals surface area contributed by atoms with Crippen molar-refractivity contribution in [2.24, 2.45) is 11.1 Å². The van der Waals surface area contributed by atoms with Gasteiger partial charge >= 0.3 is 0 Å². The van der Waals surface area contributed by atoms with Crippen molar-refractivity contribution in [1.29, 1.82) is 0 Å². The second-order valence-corrected chi connectivity index (χ2v) is 9.00. The zero-order valence-electron chi connectivity index (χ0n) is 17.3. The number of fused-ring (bicyclic) bond motifs is 1. The normalized spacial score (nSPS) is 13.2. The fourth-order valence-electron chi connectivity index (χ4n) is 2.92. The third-order valence-electron chi connectivity index (χ3n) is 4.11. The van der Waals surface area contributed by atoms with Gasteiger partial charge in [0.2, 0.25) is 11.8 Å². The highest BCUT2D eigenvalue weighted by Crippen LogP contribution is 2.22. The number of primary amides is 1. The summed E-state index contributed by atoms with van der Waals surface area (Å²) < 4.78 is 1.49. The van der Waals surface area contributed by atoms with E-state index < -0.39 is 23.3 Å². The number of aromatic nitrogens is 2. The highest BCUT2D eigenvalue weighted by atomic mass is 16.2. The van der Waals surface area contributed by atoms with Crippen LogP contribution in [-0.2, 0) is 16.1 Å². The zero-order chi connectivity index (χ0) is 21.3. The van der Waals surface area contributed by atoms with Gasteiger partial charge in [0.05, 0.1) is 5.52 Å². The molecule has 0 radical (unpaired) electrons. The molecule has 3 amide bonds. The van der Waals surface area contributed by atoms with E-state index in [1.54, 1.807) is 18.2 Å². The van der Waals surface area contributed by atoms with Crippen LogP contribution < -0.4 is 16.4 Å². The fraction of sp³-hybridized carbons (Fsp3) is 0.500. The maximum Gasteiger partial charge on any atom is 0.273 e. The molecule has 0 bridgehead atoms. The molecule has 0 saturated carbocycles. The number of amides is 3. The Hall–Kier alpha value is -2.90. The molecule has 1 heterocycles. The Morgan fingerprint density at radius 1 is 1.11 bits per heavy atom. The van der Waals surface area contributed by atoms with E-state index in [0.29, 0.717) is 10.9 Å². The van der Waals surface area contributed by atoms with Gasteiger partial charge in [-0.2, -0.15) is 5.10 Å². The average Bonchev–Trinajstić information content (AvgIpc) is 2.88. The van der Waals surface area contributed by atoms with Crippen LogP contribution in [0.5, 0.6) is 0 Å². The lowest BCUT2D eigenvalue weighted by molar-refractivity contribution is -0.123. The van der Waals surface area contributed by atoms with Gasteiger partial charge in [-0.25, -0.2) is 0 Å². The molecule has 2 aromatic rings. The number of hydrogen-bond donors (Lipinski definition) is 3. The number of carbonyl (C=O) groups excluding carboxylic acids is 3. The molecule has 0 fully saturated rings. The molecule has 0 aliphatic heterocycles. The van der Waals surface area contributed by atoms with Gasteiger partial charge in [-0.1, -0.05) is 39.0 Å². The summed E-state index contributed by atoms with van der Waals surface area (Å²) >= 11 is 0. The number of hydrogen-bond acceptors (Lipinski definition) is 4. The third kappa shape index (κ3) is 5.09. The quantitative estimate of drug-likeness (QED) is 0.721. The Bertz CT molecular complexity index is 903. The SMILES string of the molecule is CC(C)(C)NC(=O)Cn1nc(C(=O)N[C@H](C(N)=O)C(C)(C)C)c2ccccc21. The van der Waals surface area contributed by atoms with Crippen LogP contribution in [-0.4, -0.2) is 39.1 Å². The number of nitrogens with zero attached hydrogens (tertiary/aromatic N) is 2. The Kier molecular flexibility index (Phi) is 5.82. The maximum atomic E-state index is 12.9. The summed E-state index contributed by atoms with van der Waals surface area (Å²) in [6, 6.07) is 6.29. The van der Waals surface area contributed by atoms with E-state index >= 15 is 0 Å². The number of nitrogens with two attached hydrogens (primary N) is 1. The average molecular weight is 387 g/mol. The first kappa shape index (κ1) is 21.4. The lowest BCUT2D eigenvalue weighted by Gasteiger charge is -2.28. The molecule has 0 saturated heterocycles. The lowest BCUT2D eigenvalue weighted by atomic mass is 9.86. The van der Waals surface area contributed by atoms with Gasteiger partial charge < -0.3 is 16.4 Å². The van der Waals surface area contributed by atoms with Crippen molar-refractivity contribution in [3.05, 3.63) is 30.0 Å². The highest BCUT2D eigenvalue weighted by Gasteiger charge is 2.32. The van der Waals surface area contributed by atoms with E-state index in [4.69, 9.17) is 5.73 Å². The highest BCUT2D eigenvalue weighted by molar-refractivity contribution is 6.06. The molecule has 0 unspecified atom stereocenters. The lowest BCUT2D eigenvalue weighted by Crippen LogP contribution is -2.52. The number of benzene rings is 1. The van der Waals surface area contributed by atoms with E-state index in [0.717, 1.165) is 0 Å². The molecule has 0 aliphatic rings. The molecule has 152 valence electrons. The minimum atomic E-state index is -0.854. The standard InChI is InChI=1S/C20H29N5O3/c1-19(2,3)16(17(21)27)22-18(28)15-12-9-7-8-10-13(12)25(24-15)11-14(26)23-20(4,5)6/h7-10,16H,11H2,1-6H3,(H2,21,27)(H,22,28)(H,23,26)/t16-/m1/s1. The molecule has 2 rings (SSSR count). The minimum Gasteiger partial charge on any atom is -0.368 e. The second kappa shape index (κ2) is 7.61. The van der Waals surface area contributed by atoms with Crippen molar-refractivity contribution >= 4 is 28.6 Å². The minimum absolute atomic E-state index is 0.0242. The topological polar surface area (TPSA) is 119 Å². The Labute approximate surface area is 164 Å². The number of rotatable bonds is 5. The summed E-state index contributed by atoms with van der Waals surface area (Å²) in [6.07, 6.45) is 0. The fourth-order valence-corrected chi connectivity index (χ4v) is 2.92. The van der Waals surface area contributed by atoms with Crippen molar-refractivity contribution in [1.82, 2.24) is 20.4 Å². The van der Waals surface area contributed by atoms with Gasteiger partial charge in [0, 0.05) is 10.9 Å². The van der Waals surface area contributed by atoms with Crippen LogP contribution in [0.3, 0.4) is 0 Å². The molecule has 8 heteroatoms. The maximum absolute atomic E-state index is 12.9. The zero-order valence-corrected chi connectivity index (χ0v) is 17.3. The Morgan fingerprint density at radius 3 is 2.25 bits per heavy atom. The molecular formula is C20H29N5O3. The van der Waals surface area contributed by atoms with Gasteiger partial charge in [-0.15, -0.1) is 0 Å². The third-order valence-corrected chi connectivity index (χ3v) is 4.11. The van der Waals surface area contributed by atoms with Gasteiger partial charge in [0.15, 0.2) is 5.69 Å². The van der Waals surface area contributed by atoms with Crippen LogP contribution in [0, 0.1) is 5.41 Å². The van der Waals surface area contributed by atoms with Crippen LogP contribution in [0.2, 0.25) is 0 Å². The molecule has 8 nitrogen and oxygen atoms in total. The smallest absolute Gasteiger partial charge is 0.273 e. The van der Waals surface area contributed by atoms with Gasteiger partial charge in [-0.05, 0) is 32.3 Å². The summed E-state index contributed by atoms with van der Waals surface area (Å²) in [4.78, 5) is 37.0. The second-order valence-electron chi connectivity index (χ2n) is 9.00. The van der Waals surface area contributed by atoms with Gasteiger partial charge in [-0.3, -0.25) is 19.1 Å². The summed E-state index contributed by atoms with van der Waals surface area (Å²) in [7, 11) is 0. The number of para-hydroxylation sites is 1. The van der Waals surface area contributed by atoms with Crippen LogP contribution in [0.15, 0.2) is 24.3 Å². The summed E-state index contributed by atoms with van der Waals surface area (Å²) in [6.45, 7) is 11.1. The van der Waals surface area contributed by atoms with Crippen molar-refractivity contribution in [3.8, 4) is 0 Å². The Morgan fingerprint density at radius 2 is 1.71 bits per heavy atom. The molecule has 28 heavy (non-hydrogen) atoms. The largest absolute Gasteiger partial charge is 0.368 e. The summed E-state index contributed by atoms with van der Waals surface area (Å²) in [5, 5.41) is 10.5. The predicted molar refractivity (Wildman–Crippen MR) is 108 cm³/mol. The van der Waals surface area contributed by atoms with Crippen molar-refractivity contribution in [3.63, 3.8) is 0 Å². The van der Waals surface area contributed by atoms with Crippen molar-refractivity contribution in [2.45, 2.75) is 59.7 Å². The first-order valence-corrected chi connectivity index (χ1v) is 9.16. The first-order chi connectivity index (χ1) is 12.8. The van der Waals surface area contributed by atoms with Gasteiger partial charge in [0.25, 0.3) is 5.91 Å². The van der Waals surface area contributed by atoms with Gasteiger partial charge in [0.1, 0.15) is 12.6 Å². The molecule has 1 atom stereocenters.